The van der Waals surface area contributed by atoms with Gasteiger partial charge in [-0.3, -0.25) is 4.79 Å². The van der Waals surface area contributed by atoms with Gasteiger partial charge in [-0.05, 0) is 6.92 Å². The first-order valence-electron chi connectivity index (χ1n) is 4.81. The molecule has 0 saturated carbocycles. The summed E-state index contributed by atoms with van der Waals surface area (Å²) in [5.74, 6) is 0.739. The van der Waals surface area contributed by atoms with Crippen LogP contribution in [0.4, 0.5) is 0 Å². The number of nitrogens with zero attached hydrogens (tertiary/aromatic N) is 3. The molecule has 0 aromatic carbocycles. The lowest BCUT2D eigenvalue weighted by atomic mass is 10.5. The summed E-state index contributed by atoms with van der Waals surface area (Å²) in [6, 6.07) is 1.48. The van der Waals surface area contributed by atoms with Gasteiger partial charge in [-0.25, -0.2) is 9.97 Å². The minimum Gasteiger partial charge on any atom is -0.337 e. The Balaban J connectivity index is 2.10. The van der Waals surface area contributed by atoms with E-state index in [-0.39, 0.29) is 5.56 Å². The third-order valence-electron chi connectivity index (χ3n) is 2.12. The topological polar surface area (TPSA) is 63.6 Å². The number of nitrogens with one attached hydrogen (secondary N) is 1. The van der Waals surface area contributed by atoms with Crippen LogP contribution in [0, 0.1) is 6.92 Å². The number of imidazole rings is 1. The summed E-state index contributed by atoms with van der Waals surface area (Å²) in [5, 5.41) is 0.645. The minimum atomic E-state index is -0.111. The largest absolute Gasteiger partial charge is 0.337 e. The minimum absolute atomic E-state index is 0.111. The number of hydrogen-bond acceptors (Lipinski definition) is 4. The molecule has 0 aliphatic rings. The van der Waals surface area contributed by atoms with E-state index < -0.39 is 0 Å². The molecule has 1 N–H and O–H groups in total. The molecule has 0 aliphatic heterocycles. The van der Waals surface area contributed by atoms with Crippen LogP contribution >= 0.6 is 11.8 Å². The molecule has 0 spiro atoms. The maximum Gasteiger partial charge on any atom is 0.251 e. The first-order valence-corrected chi connectivity index (χ1v) is 5.79. The van der Waals surface area contributed by atoms with E-state index >= 15 is 0 Å². The van der Waals surface area contributed by atoms with Gasteiger partial charge in [-0.2, -0.15) is 0 Å². The van der Waals surface area contributed by atoms with Crippen LogP contribution in [-0.2, 0) is 12.8 Å². The Morgan fingerprint density at radius 2 is 2.38 bits per heavy atom. The number of H-pyrrole nitrogens is 1. The van der Waals surface area contributed by atoms with Gasteiger partial charge in [0.2, 0.25) is 0 Å². The molecule has 84 valence electrons. The normalized spacial score (nSPS) is 10.6. The van der Waals surface area contributed by atoms with Gasteiger partial charge in [0.15, 0.2) is 5.16 Å². The van der Waals surface area contributed by atoms with Crippen molar-refractivity contribution >= 4 is 11.8 Å². The van der Waals surface area contributed by atoms with Gasteiger partial charge < -0.3 is 9.55 Å². The Labute approximate surface area is 96.9 Å². The molecule has 0 saturated heterocycles. The highest BCUT2D eigenvalue weighted by atomic mass is 32.2. The Morgan fingerprint density at radius 3 is 3.00 bits per heavy atom. The maximum atomic E-state index is 11.2. The SMILES string of the molecule is Cc1cc(=O)[nH]c(SCc2cncn2C)n1. The molecule has 2 rings (SSSR count). The van der Waals surface area contributed by atoms with E-state index in [2.05, 4.69) is 15.0 Å². The molecule has 0 radical (unpaired) electrons. The molecule has 0 bridgehead atoms. The van der Waals surface area contributed by atoms with Gasteiger partial charge in [-0.15, -0.1) is 0 Å². The molecule has 0 fully saturated rings. The fourth-order valence-corrected chi connectivity index (χ4v) is 2.23. The first kappa shape index (κ1) is 10.9. The fourth-order valence-electron chi connectivity index (χ4n) is 1.29. The van der Waals surface area contributed by atoms with Gasteiger partial charge in [0.05, 0.1) is 6.33 Å². The van der Waals surface area contributed by atoms with Crippen molar-refractivity contribution in [3.63, 3.8) is 0 Å². The average Bonchev–Trinajstić information content (AvgIpc) is 2.59. The van der Waals surface area contributed by atoms with Gasteiger partial charge in [-0.1, -0.05) is 11.8 Å². The summed E-state index contributed by atoms with van der Waals surface area (Å²) in [5.41, 5.74) is 1.71. The predicted octanol–water partition coefficient (Wildman–Crippen LogP) is 1.10. The molecular formula is C10H12N4OS. The molecule has 16 heavy (non-hydrogen) atoms. The zero-order valence-corrected chi connectivity index (χ0v) is 9.91. The van der Waals surface area contributed by atoms with Gasteiger partial charge in [0.25, 0.3) is 5.56 Å². The summed E-state index contributed by atoms with van der Waals surface area (Å²) < 4.78 is 1.95. The molecule has 6 heteroatoms. The fraction of sp³-hybridized carbons (Fsp3) is 0.300. The van der Waals surface area contributed by atoms with Gasteiger partial charge in [0, 0.05) is 36.5 Å². The Bertz CT molecular complexity index is 546. The second-order valence-corrected chi connectivity index (χ2v) is 4.44. The molecule has 5 nitrogen and oxygen atoms in total. The first-order chi connectivity index (χ1) is 7.65. The quantitative estimate of drug-likeness (QED) is 0.640. The molecular weight excluding hydrogens is 224 g/mol. The zero-order chi connectivity index (χ0) is 11.5. The second kappa shape index (κ2) is 4.52. The summed E-state index contributed by atoms with van der Waals surface area (Å²) in [6.07, 6.45) is 3.56. The summed E-state index contributed by atoms with van der Waals surface area (Å²) >= 11 is 1.49. The highest BCUT2D eigenvalue weighted by Gasteiger charge is 2.02. The van der Waals surface area contributed by atoms with Crippen LogP contribution in [0.25, 0.3) is 0 Å². The van der Waals surface area contributed by atoms with E-state index in [1.165, 1.54) is 17.8 Å². The van der Waals surface area contributed by atoms with E-state index in [1.54, 1.807) is 12.5 Å². The van der Waals surface area contributed by atoms with Crippen molar-refractivity contribution in [2.24, 2.45) is 7.05 Å². The van der Waals surface area contributed by atoms with Crippen molar-refractivity contribution < 1.29 is 0 Å². The summed E-state index contributed by atoms with van der Waals surface area (Å²) in [7, 11) is 1.94. The van der Waals surface area contributed by atoms with Crippen molar-refractivity contribution in [2.75, 3.05) is 0 Å². The molecule has 2 heterocycles. The van der Waals surface area contributed by atoms with Crippen LogP contribution in [0.3, 0.4) is 0 Å². The van der Waals surface area contributed by atoms with Crippen LogP contribution in [0.15, 0.2) is 28.5 Å². The number of rotatable bonds is 3. The zero-order valence-electron chi connectivity index (χ0n) is 9.10. The van der Waals surface area contributed by atoms with Gasteiger partial charge in [0.1, 0.15) is 0 Å². The highest BCUT2D eigenvalue weighted by Crippen LogP contribution is 2.17. The highest BCUT2D eigenvalue weighted by molar-refractivity contribution is 7.98. The summed E-state index contributed by atoms with van der Waals surface area (Å²) in [6.45, 7) is 1.81. The monoisotopic (exact) mass is 236 g/mol. The van der Waals surface area contributed by atoms with Crippen molar-refractivity contribution in [1.82, 2.24) is 19.5 Å². The molecule has 0 atom stereocenters. The molecule has 2 aromatic heterocycles. The van der Waals surface area contributed by atoms with E-state index in [1.807, 2.05) is 18.5 Å². The van der Waals surface area contributed by atoms with E-state index in [0.717, 1.165) is 17.1 Å². The van der Waals surface area contributed by atoms with E-state index in [4.69, 9.17) is 0 Å². The number of aryl methyl sites for hydroxylation is 2. The summed E-state index contributed by atoms with van der Waals surface area (Å²) in [4.78, 5) is 22.2. The number of thioether (sulfide) groups is 1. The molecule has 0 aliphatic carbocycles. The number of aromatic nitrogens is 4. The Hall–Kier alpha value is -1.56. The lowest BCUT2D eigenvalue weighted by Gasteiger charge is -2.02. The Morgan fingerprint density at radius 1 is 1.56 bits per heavy atom. The van der Waals surface area contributed by atoms with Crippen LogP contribution in [0.2, 0.25) is 0 Å². The number of hydrogen-bond donors (Lipinski definition) is 1. The van der Waals surface area contributed by atoms with E-state index in [0.29, 0.717) is 5.16 Å². The molecule has 0 amide bonds. The van der Waals surface area contributed by atoms with Crippen LogP contribution in [0.1, 0.15) is 11.4 Å². The van der Waals surface area contributed by atoms with Crippen LogP contribution < -0.4 is 5.56 Å². The van der Waals surface area contributed by atoms with Crippen molar-refractivity contribution in [1.29, 1.82) is 0 Å². The van der Waals surface area contributed by atoms with Crippen molar-refractivity contribution in [3.8, 4) is 0 Å². The predicted molar refractivity (Wildman–Crippen MR) is 62.4 cm³/mol. The molecule has 0 unspecified atom stereocenters. The lowest BCUT2D eigenvalue weighted by Crippen LogP contribution is -2.08. The van der Waals surface area contributed by atoms with Crippen molar-refractivity contribution in [3.05, 3.63) is 40.3 Å². The van der Waals surface area contributed by atoms with Crippen LogP contribution in [-0.4, -0.2) is 19.5 Å². The Kier molecular flexibility index (Phi) is 3.09. The van der Waals surface area contributed by atoms with Crippen LogP contribution in [0.5, 0.6) is 0 Å². The van der Waals surface area contributed by atoms with Gasteiger partial charge >= 0.3 is 0 Å². The maximum absolute atomic E-state index is 11.2. The average molecular weight is 236 g/mol. The van der Waals surface area contributed by atoms with E-state index in [9.17, 15) is 4.79 Å². The third kappa shape index (κ3) is 2.52. The van der Waals surface area contributed by atoms with Crippen molar-refractivity contribution in [2.45, 2.75) is 17.8 Å². The third-order valence-corrected chi connectivity index (χ3v) is 3.03. The smallest absolute Gasteiger partial charge is 0.251 e. The second-order valence-electron chi connectivity index (χ2n) is 3.48. The molecule has 2 aromatic rings. The lowest BCUT2D eigenvalue weighted by molar-refractivity contribution is 0.861. The number of aromatic amines is 1. The standard InChI is InChI=1S/C10H12N4OS/c1-7-3-9(15)13-10(12-7)16-5-8-4-11-6-14(8)2/h3-4,6H,5H2,1-2H3,(H,12,13,15).